The van der Waals surface area contributed by atoms with Gasteiger partial charge in [-0.05, 0) is 6.42 Å². The fraction of sp³-hybridized carbons (Fsp3) is 0.727. The summed E-state index contributed by atoms with van der Waals surface area (Å²) in [6, 6.07) is 0. The van der Waals surface area contributed by atoms with Crippen molar-refractivity contribution in [3.05, 3.63) is 0 Å². The minimum Gasteiger partial charge on any atom is -0.550 e. The maximum absolute atomic E-state index is 11.6. The predicted octanol–water partition coefficient (Wildman–Crippen LogP) is -1.15. The van der Waals surface area contributed by atoms with E-state index >= 15 is 0 Å². The number of hydrogen-bond donors (Lipinski definition) is 0. The van der Waals surface area contributed by atoms with Crippen molar-refractivity contribution in [1.29, 1.82) is 0 Å². The lowest BCUT2D eigenvalue weighted by Crippen LogP contribution is -2.47. The molecule has 3 aliphatic rings. The molecule has 6 atom stereocenters. The molecule has 0 radical (unpaired) electrons. The first-order valence-electron chi connectivity index (χ1n) is 5.71. The van der Waals surface area contributed by atoms with Gasteiger partial charge in [-0.1, -0.05) is 15.9 Å². The van der Waals surface area contributed by atoms with Crippen LogP contribution in [0.5, 0.6) is 0 Å². The zero-order chi connectivity index (χ0) is 13.0. The normalized spacial score (nSPS) is 43.9. The molecule has 2 aliphatic carbocycles. The van der Waals surface area contributed by atoms with Crippen LogP contribution in [-0.2, 0) is 23.9 Å². The molecule has 0 spiro atoms. The summed E-state index contributed by atoms with van der Waals surface area (Å²) < 4.78 is 10.4. The highest BCUT2D eigenvalue weighted by Crippen LogP contribution is 2.58. The van der Waals surface area contributed by atoms with Gasteiger partial charge in [-0.2, -0.15) is 0 Å². The molecule has 3 fully saturated rings. The predicted molar refractivity (Wildman–Crippen MR) is 57.1 cm³/mol. The fourth-order valence-corrected chi connectivity index (χ4v) is 3.78. The number of alkyl halides is 1. The number of carbonyl (C=O) groups excluding carboxylic acids is 3. The van der Waals surface area contributed by atoms with Crippen molar-refractivity contribution in [2.75, 3.05) is 5.33 Å². The highest BCUT2D eigenvalue weighted by atomic mass is 79.9. The Morgan fingerprint density at radius 2 is 2.17 bits per heavy atom. The Bertz CT molecular complexity index is 435. The highest BCUT2D eigenvalue weighted by Gasteiger charge is 2.68. The monoisotopic (exact) mass is 317 g/mol. The van der Waals surface area contributed by atoms with Gasteiger partial charge in [-0.15, -0.1) is 0 Å². The Morgan fingerprint density at radius 3 is 2.78 bits per heavy atom. The number of rotatable bonds is 3. The minimum atomic E-state index is -1.26. The Kier molecular flexibility index (Phi) is 2.62. The minimum absolute atomic E-state index is 0.0287. The molecule has 0 amide bonds. The van der Waals surface area contributed by atoms with E-state index in [1.54, 1.807) is 0 Å². The third kappa shape index (κ3) is 1.43. The van der Waals surface area contributed by atoms with E-state index in [2.05, 4.69) is 15.9 Å². The molecule has 1 saturated heterocycles. The third-order valence-corrected chi connectivity index (χ3v) is 4.65. The molecule has 18 heavy (non-hydrogen) atoms. The Balaban J connectivity index is 1.89. The number of halogens is 1. The van der Waals surface area contributed by atoms with Crippen LogP contribution in [0.25, 0.3) is 0 Å². The van der Waals surface area contributed by atoms with Crippen molar-refractivity contribution in [3.8, 4) is 0 Å². The Labute approximate surface area is 111 Å². The van der Waals surface area contributed by atoms with Crippen molar-refractivity contribution in [1.82, 2.24) is 0 Å². The van der Waals surface area contributed by atoms with Gasteiger partial charge in [-0.25, -0.2) is 0 Å². The van der Waals surface area contributed by atoms with Crippen molar-refractivity contribution in [2.24, 2.45) is 23.7 Å². The number of hydrogen-bond acceptors (Lipinski definition) is 6. The smallest absolute Gasteiger partial charge is 0.316 e. The van der Waals surface area contributed by atoms with E-state index in [4.69, 9.17) is 9.47 Å². The molecule has 7 heteroatoms. The lowest BCUT2D eigenvalue weighted by Gasteiger charge is -2.31. The van der Waals surface area contributed by atoms with Gasteiger partial charge in [-0.3, -0.25) is 9.59 Å². The van der Waals surface area contributed by atoms with Crippen LogP contribution in [0.2, 0.25) is 0 Å². The molecule has 3 rings (SSSR count). The molecule has 0 aromatic carbocycles. The zero-order valence-corrected chi connectivity index (χ0v) is 10.8. The standard InChI is InChI=1S/C11H11BrO6/c12-2-5(13)17-8-3-1-4-7(6(3)10(14)15)11(16)18-9(4)8/h3-4,6-9H,1-2H2,(H,14,15)/p-1. The quantitative estimate of drug-likeness (QED) is 0.482. The molecular formula is C11H10BrO6-. The second kappa shape index (κ2) is 3.94. The van der Waals surface area contributed by atoms with Gasteiger partial charge >= 0.3 is 11.9 Å². The highest BCUT2D eigenvalue weighted by molar-refractivity contribution is 9.09. The van der Waals surface area contributed by atoms with Gasteiger partial charge in [0.25, 0.3) is 0 Å². The Hall–Kier alpha value is -1.11. The van der Waals surface area contributed by atoms with Crippen LogP contribution >= 0.6 is 15.9 Å². The van der Waals surface area contributed by atoms with Crippen LogP contribution in [0.15, 0.2) is 0 Å². The number of carboxylic acids is 1. The van der Waals surface area contributed by atoms with E-state index < -0.39 is 42.0 Å². The van der Waals surface area contributed by atoms with Crippen molar-refractivity contribution in [3.63, 3.8) is 0 Å². The van der Waals surface area contributed by atoms with E-state index in [-0.39, 0.29) is 17.2 Å². The average molecular weight is 318 g/mol. The van der Waals surface area contributed by atoms with E-state index in [0.717, 1.165) is 0 Å². The molecule has 6 nitrogen and oxygen atoms in total. The lowest BCUT2D eigenvalue weighted by atomic mass is 9.78. The molecule has 2 bridgehead atoms. The lowest BCUT2D eigenvalue weighted by molar-refractivity contribution is -0.315. The second-order valence-electron chi connectivity index (χ2n) is 4.92. The molecule has 6 unspecified atom stereocenters. The van der Waals surface area contributed by atoms with Gasteiger partial charge in [0.15, 0.2) is 0 Å². The van der Waals surface area contributed by atoms with Gasteiger partial charge in [0.05, 0.1) is 5.92 Å². The summed E-state index contributed by atoms with van der Waals surface area (Å²) in [5.41, 5.74) is 0. The van der Waals surface area contributed by atoms with Gasteiger partial charge < -0.3 is 19.4 Å². The molecule has 0 aromatic heterocycles. The summed E-state index contributed by atoms with van der Waals surface area (Å²) in [5, 5.41) is 11.2. The largest absolute Gasteiger partial charge is 0.550 e. The van der Waals surface area contributed by atoms with E-state index in [9.17, 15) is 19.5 Å². The summed E-state index contributed by atoms with van der Waals surface area (Å²) in [5.74, 6) is -4.28. The Morgan fingerprint density at radius 1 is 1.44 bits per heavy atom. The number of esters is 2. The average Bonchev–Trinajstić information content (AvgIpc) is 2.91. The molecule has 1 heterocycles. The third-order valence-electron chi connectivity index (χ3n) is 4.19. The molecule has 0 N–H and O–H groups in total. The van der Waals surface area contributed by atoms with Crippen LogP contribution in [0.3, 0.4) is 0 Å². The first kappa shape index (κ1) is 12.0. The van der Waals surface area contributed by atoms with Crippen LogP contribution < -0.4 is 5.11 Å². The van der Waals surface area contributed by atoms with Crippen molar-refractivity contribution in [2.45, 2.75) is 18.6 Å². The van der Waals surface area contributed by atoms with Gasteiger partial charge in [0.1, 0.15) is 17.5 Å². The fourth-order valence-electron chi connectivity index (χ4n) is 3.65. The summed E-state index contributed by atoms with van der Waals surface area (Å²) >= 11 is 2.97. The number of carboxylic acid groups (broad SMARTS) is 1. The summed E-state index contributed by atoms with van der Waals surface area (Å²) in [6.07, 6.45) is -0.586. The molecular weight excluding hydrogens is 308 g/mol. The zero-order valence-electron chi connectivity index (χ0n) is 9.21. The van der Waals surface area contributed by atoms with E-state index in [0.29, 0.717) is 6.42 Å². The number of fused-ring (bicyclic) bond motifs is 1. The van der Waals surface area contributed by atoms with Gasteiger partial charge in [0.2, 0.25) is 0 Å². The second-order valence-corrected chi connectivity index (χ2v) is 5.48. The molecule has 2 saturated carbocycles. The van der Waals surface area contributed by atoms with Crippen LogP contribution in [0.4, 0.5) is 0 Å². The SMILES string of the molecule is O=C(CBr)OC1C2CC3C1OC(=O)C3C2C(=O)[O-]. The van der Waals surface area contributed by atoms with E-state index in [1.165, 1.54) is 0 Å². The van der Waals surface area contributed by atoms with Crippen LogP contribution in [0.1, 0.15) is 6.42 Å². The van der Waals surface area contributed by atoms with Gasteiger partial charge in [0, 0.05) is 23.7 Å². The molecule has 98 valence electrons. The van der Waals surface area contributed by atoms with Crippen molar-refractivity contribution < 1.29 is 29.0 Å². The molecule has 1 aliphatic heterocycles. The number of aliphatic carboxylic acids is 1. The summed E-state index contributed by atoms with van der Waals surface area (Å²) in [4.78, 5) is 34.1. The number of carbonyl (C=O) groups is 3. The van der Waals surface area contributed by atoms with E-state index in [1.807, 2.05) is 0 Å². The van der Waals surface area contributed by atoms with Crippen LogP contribution in [0, 0.1) is 23.7 Å². The summed E-state index contributed by atoms with van der Waals surface area (Å²) in [7, 11) is 0. The number of ether oxygens (including phenoxy) is 2. The van der Waals surface area contributed by atoms with Crippen molar-refractivity contribution >= 4 is 33.8 Å². The maximum atomic E-state index is 11.6. The first-order chi connectivity index (χ1) is 8.54. The topological polar surface area (TPSA) is 92.7 Å². The van der Waals surface area contributed by atoms with Crippen LogP contribution in [-0.4, -0.2) is 35.4 Å². The summed E-state index contributed by atoms with van der Waals surface area (Å²) in [6.45, 7) is 0. The first-order valence-corrected chi connectivity index (χ1v) is 6.83. The molecule has 0 aromatic rings. The maximum Gasteiger partial charge on any atom is 0.316 e.